The van der Waals surface area contributed by atoms with Crippen LogP contribution in [0.3, 0.4) is 0 Å². The van der Waals surface area contributed by atoms with Crippen molar-refractivity contribution in [3.63, 3.8) is 0 Å². The number of alkyl halides is 3. The van der Waals surface area contributed by atoms with Crippen molar-refractivity contribution < 1.29 is 18.0 Å². The van der Waals surface area contributed by atoms with Crippen LogP contribution in [-0.4, -0.2) is 15.7 Å². The van der Waals surface area contributed by atoms with Gasteiger partial charge < -0.3 is 11.1 Å². The van der Waals surface area contributed by atoms with Gasteiger partial charge in [0.1, 0.15) is 6.54 Å². The van der Waals surface area contributed by atoms with Crippen molar-refractivity contribution in [1.29, 1.82) is 0 Å². The number of anilines is 2. The van der Waals surface area contributed by atoms with Crippen LogP contribution in [0.1, 0.15) is 11.3 Å². The standard InChI is InChI=1S/C13H13F3N4O/c1-8-4-5-18-20(8)7-12(21)19-9-2-3-11(17)10(6-9)13(14,15)16/h2-6H,7,17H2,1H3,(H,19,21). The van der Waals surface area contributed by atoms with E-state index in [0.717, 1.165) is 17.8 Å². The van der Waals surface area contributed by atoms with Crippen LogP contribution in [0.25, 0.3) is 0 Å². The second-order valence-corrected chi connectivity index (χ2v) is 4.48. The summed E-state index contributed by atoms with van der Waals surface area (Å²) < 4.78 is 39.6. The van der Waals surface area contributed by atoms with Gasteiger partial charge in [-0.05, 0) is 31.2 Å². The largest absolute Gasteiger partial charge is 0.418 e. The molecule has 0 atom stereocenters. The topological polar surface area (TPSA) is 72.9 Å². The van der Waals surface area contributed by atoms with Crippen LogP contribution in [0.15, 0.2) is 30.5 Å². The number of carbonyl (C=O) groups excluding carboxylic acids is 1. The van der Waals surface area contributed by atoms with Crippen molar-refractivity contribution >= 4 is 17.3 Å². The SMILES string of the molecule is Cc1ccnn1CC(=O)Nc1ccc(N)c(C(F)(F)F)c1. The molecule has 0 fully saturated rings. The lowest BCUT2D eigenvalue weighted by Gasteiger charge is -2.12. The zero-order valence-electron chi connectivity index (χ0n) is 11.1. The number of nitrogens with one attached hydrogen (secondary N) is 1. The molecule has 0 radical (unpaired) electrons. The molecule has 8 heteroatoms. The third-order valence-electron chi connectivity index (χ3n) is 2.86. The van der Waals surface area contributed by atoms with E-state index >= 15 is 0 Å². The smallest absolute Gasteiger partial charge is 0.398 e. The molecule has 0 spiro atoms. The maximum absolute atomic E-state index is 12.7. The minimum Gasteiger partial charge on any atom is -0.398 e. The molecule has 0 aliphatic heterocycles. The van der Waals surface area contributed by atoms with Gasteiger partial charge in [0.25, 0.3) is 0 Å². The molecule has 1 heterocycles. The first-order valence-electron chi connectivity index (χ1n) is 6.02. The number of rotatable bonds is 3. The summed E-state index contributed by atoms with van der Waals surface area (Å²) >= 11 is 0. The molecule has 21 heavy (non-hydrogen) atoms. The Kier molecular flexibility index (Phi) is 3.88. The Hall–Kier alpha value is -2.51. The number of aromatic nitrogens is 2. The molecule has 2 rings (SSSR count). The molecule has 0 saturated heterocycles. The van der Waals surface area contributed by atoms with Crippen LogP contribution in [0, 0.1) is 6.92 Å². The van der Waals surface area contributed by atoms with E-state index in [1.165, 1.54) is 16.9 Å². The fourth-order valence-electron chi connectivity index (χ4n) is 1.78. The molecular weight excluding hydrogens is 285 g/mol. The maximum Gasteiger partial charge on any atom is 0.418 e. The number of halogens is 3. The lowest BCUT2D eigenvalue weighted by Crippen LogP contribution is -2.20. The van der Waals surface area contributed by atoms with Crippen molar-refractivity contribution in [3.05, 3.63) is 41.7 Å². The Morgan fingerprint density at radius 3 is 2.67 bits per heavy atom. The van der Waals surface area contributed by atoms with Crippen LogP contribution in [0.5, 0.6) is 0 Å². The number of nitrogen functional groups attached to an aromatic ring is 1. The van der Waals surface area contributed by atoms with E-state index in [2.05, 4.69) is 10.4 Å². The molecule has 0 saturated carbocycles. The van der Waals surface area contributed by atoms with Gasteiger partial charge in [-0.25, -0.2) is 0 Å². The second kappa shape index (κ2) is 5.47. The number of nitrogens with two attached hydrogens (primary N) is 1. The highest BCUT2D eigenvalue weighted by Gasteiger charge is 2.33. The molecule has 0 bridgehead atoms. The Morgan fingerprint density at radius 1 is 1.38 bits per heavy atom. The van der Waals surface area contributed by atoms with E-state index in [-0.39, 0.29) is 17.9 Å². The van der Waals surface area contributed by atoms with Gasteiger partial charge in [-0.1, -0.05) is 0 Å². The number of amides is 1. The summed E-state index contributed by atoms with van der Waals surface area (Å²) in [5.74, 6) is -0.473. The van der Waals surface area contributed by atoms with Crippen molar-refractivity contribution in [3.8, 4) is 0 Å². The maximum atomic E-state index is 12.7. The van der Waals surface area contributed by atoms with Gasteiger partial charge in [-0.2, -0.15) is 18.3 Å². The third-order valence-corrected chi connectivity index (χ3v) is 2.86. The van der Waals surface area contributed by atoms with Gasteiger partial charge in [0.2, 0.25) is 5.91 Å². The highest BCUT2D eigenvalue weighted by Crippen LogP contribution is 2.35. The van der Waals surface area contributed by atoms with E-state index < -0.39 is 17.6 Å². The summed E-state index contributed by atoms with van der Waals surface area (Å²) in [6.45, 7) is 1.69. The molecule has 112 valence electrons. The van der Waals surface area contributed by atoms with E-state index in [1.807, 2.05) is 0 Å². The first-order chi connectivity index (χ1) is 9.77. The Morgan fingerprint density at radius 2 is 2.10 bits per heavy atom. The van der Waals surface area contributed by atoms with Crippen LogP contribution >= 0.6 is 0 Å². The predicted molar refractivity (Wildman–Crippen MR) is 71.5 cm³/mol. The van der Waals surface area contributed by atoms with Gasteiger partial charge in [0.15, 0.2) is 0 Å². The number of hydrogen-bond donors (Lipinski definition) is 2. The zero-order valence-corrected chi connectivity index (χ0v) is 11.1. The summed E-state index contributed by atoms with van der Waals surface area (Å²) in [7, 11) is 0. The van der Waals surface area contributed by atoms with Gasteiger partial charge in [-0.15, -0.1) is 0 Å². The van der Waals surface area contributed by atoms with Gasteiger partial charge >= 0.3 is 6.18 Å². The van der Waals surface area contributed by atoms with Crippen molar-refractivity contribution in [2.24, 2.45) is 0 Å². The molecule has 3 N–H and O–H groups in total. The predicted octanol–water partition coefficient (Wildman–Crippen LogP) is 2.43. The Labute approximate surface area is 118 Å². The molecule has 0 aliphatic rings. The number of hydrogen-bond acceptors (Lipinski definition) is 3. The van der Waals surface area contributed by atoms with E-state index in [4.69, 9.17) is 5.73 Å². The highest BCUT2D eigenvalue weighted by atomic mass is 19.4. The Balaban J connectivity index is 2.13. The monoisotopic (exact) mass is 298 g/mol. The number of benzene rings is 1. The van der Waals surface area contributed by atoms with E-state index in [9.17, 15) is 18.0 Å². The summed E-state index contributed by atoms with van der Waals surface area (Å²) in [6.07, 6.45) is -3.03. The zero-order chi connectivity index (χ0) is 15.6. The fraction of sp³-hybridized carbons (Fsp3) is 0.231. The summed E-state index contributed by atoms with van der Waals surface area (Å²) in [5.41, 5.74) is 4.74. The lowest BCUT2D eigenvalue weighted by molar-refractivity contribution is -0.136. The molecule has 0 unspecified atom stereocenters. The number of nitrogens with zero attached hydrogens (tertiary/aromatic N) is 2. The third kappa shape index (κ3) is 3.53. The van der Waals surface area contributed by atoms with E-state index in [1.54, 1.807) is 13.0 Å². The fourth-order valence-corrected chi connectivity index (χ4v) is 1.78. The second-order valence-electron chi connectivity index (χ2n) is 4.48. The molecule has 1 amide bonds. The van der Waals surface area contributed by atoms with Crippen molar-refractivity contribution in [1.82, 2.24) is 9.78 Å². The van der Waals surface area contributed by atoms with Crippen LogP contribution < -0.4 is 11.1 Å². The van der Waals surface area contributed by atoms with Gasteiger partial charge in [0.05, 0.1) is 5.56 Å². The van der Waals surface area contributed by atoms with Gasteiger partial charge in [0, 0.05) is 23.3 Å². The van der Waals surface area contributed by atoms with Crippen molar-refractivity contribution in [2.45, 2.75) is 19.6 Å². The average Bonchev–Trinajstić information content (AvgIpc) is 2.76. The molecule has 0 aliphatic carbocycles. The molecular formula is C13H13F3N4O. The summed E-state index contributed by atoms with van der Waals surface area (Å²) in [5, 5.41) is 6.32. The summed E-state index contributed by atoms with van der Waals surface area (Å²) in [6, 6.07) is 4.96. The highest BCUT2D eigenvalue weighted by molar-refractivity contribution is 5.90. The van der Waals surface area contributed by atoms with Crippen LogP contribution in [-0.2, 0) is 17.5 Å². The normalized spacial score (nSPS) is 11.4. The molecule has 1 aromatic carbocycles. The van der Waals surface area contributed by atoms with Crippen molar-refractivity contribution in [2.75, 3.05) is 11.1 Å². The first kappa shape index (κ1) is 14.9. The van der Waals surface area contributed by atoms with Gasteiger partial charge in [-0.3, -0.25) is 9.48 Å². The number of aryl methyl sites for hydroxylation is 1. The summed E-state index contributed by atoms with van der Waals surface area (Å²) in [4.78, 5) is 11.8. The van der Waals surface area contributed by atoms with Crippen LogP contribution in [0.2, 0.25) is 0 Å². The molecule has 2 aromatic rings. The number of carbonyl (C=O) groups is 1. The minimum absolute atomic E-state index is 0.0336. The lowest BCUT2D eigenvalue weighted by atomic mass is 10.1. The minimum atomic E-state index is -4.57. The van der Waals surface area contributed by atoms with E-state index in [0.29, 0.717) is 0 Å². The molecule has 5 nitrogen and oxygen atoms in total. The molecule has 1 aromatic heterocycles. The van der Waals surface area contributed by atoms with Crippen LogP contribution in [0.4, 0.5) is 24.5 Å². The first-order valence-corrected chi connectivity index (χ1v) is 6.02. The quantitative estimate of drug-likeness (QED) is 0.855. The average molecular weight is 298 g/mol. The Bertz CT molecular complexity index is 664.